The van der Waals surface area contributed by atoms with Crippen LogP contribution in [-0.4, -0.2) is 52.8 Å². The first-order valence-electron chi connectivity index (χ1n) is 12.1. The largest absolute Gasteiger partial charge is 0.497 e. The summed E-state index contributed by atoms with van der Waals surface area (Å²) in [6.07, 6.45) is 1.64. The number of methoxy groups -OCH3 is 1. The third kappa shape index (κ3) is 6.56. The number of carbonyl (C=O) groups is 1. The molecule has 0 aliphatic heterocycles. The maximum absolute atomic E-state index is 12.5. The van der Waals surface area contributed by atoms with Gasteiger partial charge in [-0.25, -0.2) is 5.43 Å². The van der Waals surface area contributed by atoms with E-state index in [0.29, 0.717) is 11.0 Å². The molecule has 37 heavy (non-hydrogen) atoms. The number of benzene rings is 3. The fraction of sp³-hybridized carbons (Fsp3) is 0.214. The zero-order valence-electron chi connectivity index (χ0n) is 21.2. The third-order valence-corrected chi connectivity index (χ3v) is 6.68. The monoisotopic (exact) mass is 514 g/mol. The van der Waals surface area contributed by atoms with Crippen molar-refractivity contribution in [1.82, 2.24) is 20.2 Å². The minimum atomic E-state index is -0.230. The molecule has 1 amide bonds. The highest BCUT2D eigenvalue weighted by Crippen LogP contribution is 2.28. The van der Waals surface area contributed by atoms with Crippen LogP contribution in [-0.2, 0) is 4.79 Å². The Morgan fingerprint density at radius 3 is 2.35 bits per heavy atom. The van der Waals surface area contributed by atoms with E-state index in [0.717, 1.165) is 35.7 Å². The van der Waals surface area contributed by atoms with Gasteiger partial charge >= 0.3 is 0 Å². The van der Waals surface area contributed by atoms with Crippen LogP contribution in [0.2, 0.25) is 0 Å². The predicted octanol–water partition coefficient (Wildman–Crippen LogP) is 5.03. The molecule has 0 atom stereocenters. The van der Waals surface area contributed by atoms with Crippen molar-refractivity contribution in [1.29, 1.82) is 0 Å². The minimum absolute atomic E-state index is 0.140. The quantitative estimate of drug-likeness (QED) is 0.172. The summed E-state index contributed by atoms with van der Waals surface area (Å²) in [6, 6.07) is 25.6. The summed E-state index contributed by atoms with van der Waals surface area (Å²) < 4.78 is 7.23. The summed E-state index contributed by atoms with van der Waals surface area (Å²) in [5.41, 5.74) is 6.48. The maximum Gasteiger partial charge on any atom is 0.250 e. The smallest absolute Gasteiger partial charge is 0.250 e. The van der Waals surface area contributed by atoms with Gasteiger partial charge in [-0.15, -0.1) is 10.2 Å². The molecule has 0 saturated heterocycles. The van der Waals surface area contributed by atoms with Crippen LogP contribution < -0.4 is 15.1 Å². The van der Waals surface area contributed by atoms with Gasteiger partial charge in [0.2, 0.25) is 0 Å². The highest BCUT2D eigenvalue weighted by atomic mass is 32.2. The lowest BCUT2D eigenvalue weighted by atomic mass is 10.2. The Morgan fingerprint density at radius 1 is 1.00 bits per heavy atom. The molecule has 0 unspecified atom stereocenters. The molecular formula is C28H30N6O2S. The van der Waals surface area contributed by atoms with Crippen molar-refractivity contribution >= 4 is 29.6 Å². The van der Waals surface area contributed by atoms with Crippen molar-refractivity contribution in [3.8, 4) is 22.8 Å². The Kier molecular flexibility index (Phi) is 8.93. The Bertz CT molecular complexity index is 1320. The van der Waals surface area contributed by atoms with Crippen LogP contribution in [0.4, 0.5) is 5.69 Å². The summed E-state index contributed by atoms with van der Waals surface area (Å²) in [4.78, 5) is 14.8. The van der Waals surface area contributed by atoms with Crippen LogP contribution in [0.5, 0.6) is 5.75 Å². The van der Waals surface area contributed by atoms with Crippen LogP contribution >= 0.6 is 11.8 Å². The first kappa shape index (κ1) is 26.0. The number of nitrogens with zero attached hydrogens (tertiary/aromatic N) is 5. The van der Waals surface area contributed by atoms with E-state index >= 15 is 0 Å². The molecule has 0 radical (unpaired) electrons. The average molecular weight is 515 g/mol. The second kappa shape index (κ2) is 12.7. The van der Waals surface area contributed by atoms with Gasteiger partial charge in [0.15, 0.2) is 11.0 Å². The van der Waals surface area contributed by atoms with Gasteiger partial charge in [-0.2, -0.15) is 5.10 Å². The molecule has 0 saturated carbocycles. The Balaban J connectivity index is 1.43. The van der Waals surface area contributed by atoms with Gasteiger partial charge in [0.05, 0.1) is 19.1 Å². The van der Waals surface area contributed by atoms with Crippen LogP contribution in [0.3, 0.4) is 0 Å². The molecule has 0 fully saturated rings. The fourth-order valence-electron chi connectivity index (χ4n) is 3.80. The molecule has 9 heteroatoms. The van der Waals surface area contributed by atoms with Crippen molar-refractivity contribution in [2.24, 2.45) is 5.10 Å². The van der Waals surface area contributed by atoms with E-state index in [-0.39, 0.29) is 11.7 Å². The van der Waals surface area contributed by atoms with E-state index in [1.54, 1.807) is 13.3 Å². The van der Waals surface area contributed by atoms with Gasteiger partial charge in [0.25, 0.3) is 5.91 Å². The number of nitrogens with one attached hydrogen (secondary N) is 1. The molecule has 1 heterocycles. The molecule has 0 aliphatic rings. The number of hydrogen-bond acceptors (Lipinski definition) is 7. The van der Waals surface area contributed by atoms with Gasteiger partial charge < -0.3 is 9.64 Å². The number of thioether (sulfide) groups is 1. The third-order valence-electron chi connectivity index (χ3n) is 5.75. The molecule has 190 valence electrons. The average Bonchev–Trinajstić information content (AvgIpc) is 3.38. The maximum atomic E-state index is 12.5. The second-order valence-electron chi connectivity index (χ2n) is 8.05. The number of ether oxygens (including phenoxy) is 1. The number of hydrogen-bond donors (Lipinski definition) is 1. The van der Waals surface area contributed by atoms with E-state index in [4.69, 9.17) is 4.74 Å². The van der Waals surface area contributed by atoms with Gasteiger partial charge in [-0.3, -0.25) is 9.36 Å². The van der Waals surface area contributed by atoms with E-state index in [2.05, 4.69) is 51.6 Å². The number of rotatable bonds is 11. The van der Waals surface area contributed by atoms with Crippen LogP contribution in [0, 0.1) is 0 Å². The number of hydrazone groups is 1. The van der Waals surface area contributed by atoms with Crippen LogP contribution in [0.15, 0.2) is 89.1 Å². The summed E-state index contributed by atoms with van der Waals surface area (Å²) in [7, 11) is 1.63. The van der Waals surface area contributed by atoms with Gasteiger partial charge in [0.1, 0.15) is 5.75 Å². The number of amides is 1. The number of aromatic nitrogens is 3. The zero-order valence-corrected chi connectivity index (χ0v) is 22.0. The molecule has 4 aromatic rings. The molecule has 4 rings (SSSR count). The minimum Gasteiger partial charge on any atom is -0.497 e. The zero-order chi connectivity index (χ0) is 26.0. The summed E-state index contributed by atoms with van der Waals surface area (Å²) in [5, 5.41) is 13.5. The Labute approximate surface area is 221 Å². The van der Waals surface area contributed by atoms with Crippen molar-refractivity contribution < 1.29 is 9.53 Å². The molecule has 8 nitrogen and oxygen atoms in total. The Hall–Kier alpha value is -4.11. The van der Waals surface area contributed by atoms with Gasteiger partial charge in [-0.05, 0) is 55.8 Å². The first-order chi connectivity index (χ1) is 18.1. The van der Waals surface area contributed by atoms with Gasteiger partial charge in [0, 0.05) is 30.0 Å². The van der Waals surface area contributed by atoms with Crippen LogP contribution in [0.1, 0.15) is 19.4 Å². The number of anilines is 1. The lowest BCUT2D eigenvalue weighted by molar-refractivity contribution is -0.118. The van der Waals surface area contributed by atoms with Crippen molar-refractivity contribution in [3.63, 3.8) is 0 Å². The molecule has 0 bridgehead atoms. The SMILES string of the molecule is CCN(CC)c1ccc(/C=N\NC(=O)CSc2nnc(-c3ccccc3)n2-c2ccc(OC)cc2)cc1. The normalized spacial score (nSPS) is 11.0. The van der Waals surface area contributed by atoms with E-state index in [1.807, 2.05) is 71.3 Å². The van der Waals surface area contributed by atoms with Crippen LogP contribution in [0.25, 0.3) is 17.1 Å². The van der Waals surface area contributed by atoms with Crippen molar-refractivity contribution in [2.75, 3.05) is 30.9 Å². The Morgan fingerprint density at radius 2 is 1.70 bits per heavy atom. The summed E-state index contributed by atoms with van der Waals surface area (Å²) in [5.74, 6) is 1.36. The summed E-state index contributed by atoms with van der Waals surface area (Å²) in [6.45, 7) is 6.18. The van der Waals surface area contributed by atoms with Gasteiger partial charge in [-0.1, -0.05) is 54.2 Å². The fourth-order valence-corrected chi connectivity index (χ4v) is 4.55. The highest BCUT2D eigenvalue weighted by Gasteiger charge is 2.17. The summed E-state index contributed by atoms with van der Waals surface area (Å²) >= 11 is 1.30. The molecule has 3 aromatic carbocycles. The standard InChI is InChI=1S/C28H30N6O2S/c1-4-33(5-2)23-13-11-21(12-14-23)19-29-30-26(35)20-37-28-32-31-27(22-9-7-6-8-10-22)34(28)24-15-17-25(36-3)18-16-24/h6-19H,4-5,20H2,1-3H3,(H,30,35)/b29-19-. The molecule has 1 aromatic heterocycles. The highest BCUT2D eigenvalue weighted by molar-refractivity contribution is 7.99. The van der Waals surface area contributed by atoms with Crippen molar-refractivity contribution in [2.45, 2.75) is 19.0 Å². The first-order valence-corrected chi connectivity index (χ1v) is 13.1. The number of carbonyl (C=O) groups excluding carboxylic acids is 1. The topological polar surface area (TPSA) is 84.6 Å². The molecular weight excluding hydrogens is 484 g/mol. The van der Waals surface area contributed by atoms with E-state index < -0.39 is 0 Å². The molecule has 1 N–H and O–H groups in total. The van der Waals surface area contributed by atoms with E-state index in [1.165, 1.54) is 17.4 Å². The predicted molar refractivity (Wildman–Crippen MR) is 150 cm³/mol. The lowest BCUT2D eigenvalue weighted by Crippen LogP contribution is -2.21. The lowest BCUT2D eigenvalue weighted by Gasteiger charge is -2.20. The second-order valence-corrected chi connectivity index (χ2v) is 8.99. The van der Waals surface area contributed by atoms with E-state index in [9.17, 15) is 4.79 Å². The molecule has 0 spiro atoms. The molecule has 0 aliphatic carbocycles. The van der Waals surface area contributed by atoms with Crippen molar-refractivity contribution in [3.05, 3.63) is 84.4 Å².